The zero-order valence-corrected chi connectivity index (χ0v) is 24.2. The van der Waals surface area contributed by atoms with Crippen LogP contribution >= 0.6 is 11.3 Å². The second-order valence-corrected chi connectivity index (χ2v) is 12.3. The summed E-state index contributed by atoms with van der Waals surface area (Å²) in [6, 6.07) is 47.3. The lowest BCUT2D eigenvalue weighted by Crippen LogP contribution is -1.97. The van der Waals surface area contributed by atoms with E-state index in [1.165, 1.54) is 47.2 Å². The van der Waals surface area contributed by atoms with Gasteiger partial charge in [0.2, 0.25) is 0 Å². The fourth-order valence-corrected chi connectivity index (χ4v) is 8.20. The lowest BCUT2D eigenvalue weighted by Gasteiger charge is -2.11. The van der Waals surface area contributed by atoms with E-state index in [0.29, 0.717) is 5.82 Å². The molecule has 0 aliphatic carbocycles. The van der Waals surface area contributed by atoms with Crippen LogP contribution in [0.4, 0.5) is 0 Å². The standard InChI is InChI=1S/C39H22N4S/c1-2-10-24(11-3-1)43-32-16-8-6-13-26(32)31-22-23(18-21-33(31)43)39-40-36-29-15-5-4-12-25(29)28-19-20-30-27-14-7-9-17-34(27)44-38(30)35(28)37(36)41-42-39/h1-22H. The summed E-state index contributed by atoms with van der Waals surface area (Å²) in [7, 11) is 0. The van der Waals surface area contributed by atoms with Crippen molar-refractivity contribution >= 4 is 85.9 Å². The summed E-state index contributed by atoms with van der Waals surface area (Å²) < 4.78 is 4.83. The Kier molecular flexibility index (Phi) is 4.84. The van der Waals surface area contributed by atoms with Crippen molar-refractivity contribution in [2.75, 3.05) is 0 Å². The maximum Gasteiger partial charge on any atom is 0.182 e. The smallest absolute Gasteiger partial charge is 0.182 e. The molecule has 10 aromatic rings. The number of hydrogen-bond acceptors (Lipinski definition) is 4. The van der Waals surface area contributed by atoms with Gasteiger partial charge in [0, 0.05) is 53.0 Å². The molecular weight excluding hydrogens is 557 g/mol. The van der Waals surface area contributed by atoms with Gasteiger partial charge in [0.25, 0.3) is 0 Å². The fraction of sp³-hybridized carbons (Fsp3) is 0. The minimum absolute atomic E-state index is 0.629. The number of aromatic nitrogens is 4. The molecule has 3 heterocycles. The van der Waals surface area contributed by atoms with Crippen LogP contribution in [-0.2, 0) is 0 Å². The Morgan fingerprint density at radius 3 is 2.07 bits per heavy atom. The first-order valence-corrected chi connectivity index (χ1v) is 15.5. The van der Waals surface area contributed by atoms with Gasteiger partial charge in [-0.3, -0.25) is 0 Å². The highest BCUT2D eigenvalue weighted by atomic mass is 32.1. The van der Waals surface area contributed by atoms with Gasteiger partial charge >= 0.3 is 0 Å². The molecule has 0 fully saturated rings. The molecule has 44 heavy (non-hydrogen) atoms. The van der Waals surface area contributed by atoms with E-state index in [9.17, 15) is 0 Å². The molecule has 0 saturated carbocycles. The van der Waals surface area contributed by atoms with Crippen LogP contribution in [0.1, 0.15) is 0 Å². The topological polar surface area (TPSA) is 43.6 Å². The Balaban J connectivity index is 1.26. The predicted molar refractivity (Wildman–Crippen MR) is 185 cm³/mol. The highest BCUT2D eigenvalue weighted by molar-refractivity contribution is 7.26. The van der Waals surface area contributed by atoms with Crippen LogP contribution in [0.3, 0.4) is 0 Å². The molecule has 0 aliphatic heterocycles. The van der Waals surface area contributed by atoms with Crippen LogP contribution in [-0.4, -0.2) is 19.7 Å². The zero-order chi connectivity index (χ0) is 28.8. The number of nitrogens with zero attached hydrogens (tertiary/aromatic N) is 4. The highest BCUT2D eigenvalue weighted by Crippen LogP contribution is 2.43. The first kappa shape index (κ1) is 23.9. The maximum absolute atomic E-state index is 5.26. The number of para-hydroxylation sites is 2. The molecule has 0 N–H and O–H groups in total. The molecule has 0 radical (unpaired) electrons. The normalized spacial score (nSPS) is 12.1. The fourth-order valence-electron chi connectivity index (χ4n) is 6.94. The molecule has 4 nitrogen and oxygen atoms in total. The van der Waals surface area contributed by atoms with Crippen molar-refractivity contribution < 1.29 is 0 Å². The van der Waals surface area contributed by atoms with Gasteiger partial charge in [0.15, 0.2) is 5.82 Å². The third-order valence-corrected chi connectivity index (χ3v) is 10.1. The summed E-state index contributed by atoms with van der Waals surface area (Å²) in [6.45, 7) is 0. The SMILES string of the molecule is c1ccc(-n2c3ccccc3c3cc(-c4nnc5c(n4)c4ccccc4c4ccc6c7ccccc7sc6c45)ccc32)cc1. The average Bonchev–Trinajstić information content (AvgIpc) is 3.64. The third kappa shape index (κ3) is 3.24. The minimum atomic E-state index is 0.629. The summed E-state index contributed by atoms with van der Waals surface area (Å²) in [6.07, 6.45) is 0. The van der Waals surface area contributed by atoms with Gasteiger partial charge in [-0.2, -0.15) is 0 Å². The Hall–Kier alpha value is -5.65. The quantitative estimate of drug-likeness (QED) is 0.192. The molecule has 3 aromatic heterocycles. The summed E-state index contributed by atoms with van der Waals surface area (Å²) in [5.74, 6) is 0.629. The van der Waals surface area contributed by atoms with Crippen LogP contribution in [0.25, 0.3) is 91.6 Å². The largest absolute Gasteiger partial charge is 0.309 e. The van der Waals surface area contributed by atoms with Gasteiger partial charge in [0.1, 0.15) is 11.0 Å². The van der Waals surface area contributed by atoms with E-state index < -0.39 is 0 Å². The molecule has 5 heteroatoms. The molecule has 10 rings (SSSR count). The van der Waals surface area contributed by atoms with E-state index >= 15 is 0 Å². The second kappa shape index (κ2) is 8.93. The summed E-state index contributed by atoms with van der Waals surface area (Å²) in [5.41, 5.74) is 6.15. The van der Waals surface area contributed by atoms with Crippen molar-refractivity contribution in [3.8, 4) is 17.1 Å². The van der Waals surface area contributed by atoms with Crippen LogP contribution in [0.2, 0.25) is 0 Å². The Bertz CT molecular complexity index is 2780. The van der Waals surface area contributed by atoms with Crippen LogP contribution in [0.5, 0.6) is 0 Å². The number of rotatable bonds is 2. The molecule has 0 bridgehead atoms. The number of thiophene rings is 1. The average molecular weight is 579 g/mol. The van der Waals surface area contributed by atoms with E-state index in [1.807, 2.05) is 11.3 Å². The van der Waals surface area contributed by atoms with E-state index in [-0.39, 0.29) is 0 Å². The van der Waals surface area contributed by atoms with Crippen molar-refractivity contribution in [3.05, 3.63) is 133 Å². The van der Waals surface area contributed by atoms with E-state index in [0.717, 1.165) is 38.6 Å². The van der Waals surface area contributed by atoms with Crippen LogP contribution < -0.4 is 0 Å². The lowest BCUT2D eigenvalue weighted by molar-refractivity contribution is 1.04. The summed E-state index contributed by atoms with van der Waals surface area (Å²) in [5, 5.41) is 19.2. The molecule has 0 aliphatic rings. The van der Waals surface area contributed by atoms with Gasteiger partial charge in [-0.1, -0.05) is 91.0 Å². The predicted octanol–water partition coefficient (Wildman–Crippen LogP) is 10.5. The Morgan fingerprint density at radius 1 is 0.477 bits per heavy atom. The van der Waals surface area contributed by atoms with Crippen molar-refractivity contribution in [3.63, 3.8) is 0 Å². The molecule has 0 atom stereocenters. The van der Waals surface area contributed by atoms with Crippen LogP contribution in [0, 0.1) is 0 Å². The molecule has 0 unspecified atom stereocenters. The van der Waals surface area contributed by atoms with Crippen molar-refractivity contribution in [1.29, 1.82) is 0 Å². The summed E-state index contributed by atoms with van der Waals surface area (Å²) >= 11 is 1.82. The summed E-state index contributed by atoms with van der Waals surface area (Å²) in [4.78, 5) is 5.26. The van der Waals surface area contributed by atoms with Gasteiger partial charge in [0.05, 0.1) is 11.0 Å². The number of fused-ring (bicyclic) bond motifs is 13. The monoisotopic (exact) mass is 578 g/mol. The minimum Gasteiger partial charge on any atom is -0.309 e. The number of benzene rings is 7. The van der Waals surface area contributed by atoms with Crippen molar-refractivity contribution in [2.45, 2.75) is 0 Å². The van der Waals surface area contributed by atoms with Gasteiger partial charge in [-0.05, 0) is 53.2 Å². The second-order valence-electron chi connectivity index (χ2n) is 11.3. The van der Waals surface area contributed by atoms with Gasteiger partial charge in [-0.15, -0.1) is 21.5 Å². The Labute approximate surface area is 255 Å². The zero-order valence-electron chi connectivity index (χ0n) is 23.4. The van der Waals surface area contributed by atoms with E-state index in [2.05, 4.69) is 138 Å². The molecule has 204 valence electrons. The van der Waals surface area contributed by atoms with E-state index in [1.54, 1.807) is 0 Å². The van der Waals surface area contributed by atoms with Gasteiger partial charge in [-0.25, -0.2) is 4.98 Å². The third-order valence-electron chi connectivity index (χ3n) is 8.89. The lowest BCUT2D eigenvalue weighted by atomic mass is 9.98. The van der Waals surface area contributed by atoms with Crippen molar-refractivity contribution in [1.82, 2.24) is 19.7 Å². The number of hydrogen-bond donors (Lipinski definition) is 0. The van der Waals surface area contributed by atoms with Crippen molar-refractivity contribution in [2.24, 2.45) is 0 Å². The van der Waals surface area contributed by atoms with Crippen LogP contribution in [0.15, 0.2) is 133 Å². The first-order valence-electron chi connectivity index (χ1n) is 14.7. The maximum atomic E-state index is 5.26. The highest BCUT2D eigenvalue weighted by Gasteiger charge is 2.19. The molecule has 0 saturated heterocycles. The Morgan fingerprint density at radius 2 is 1.18 bits per heavy atom. The molecule has 0 spiro atoms. The first-order chi connectivity index (χ1) is 21.8. The molecule has 7 aromatic carbocycles. The van der Waals surface area contributed by atoms with Gasteiger partial charge < -0.3 is 4.57 Å². The van der Waals surface area contributed by atoms with E-state index in [4.69, 9.17) is 15.2 Å². The molecule has 0 amide bonds. The molecular formula is C39H22N4S.